The smallest absolute Gasteiger partial charge is 0.108 e. The molecule has 0 radical (unpaired) electrons. The number of pyridine rings is 1. The van der Waals surface area contributed by atoms with E-state index in [4.69, 9.17) is 10.3 Å². The van der Waals surface area contributed by atoms with Crippen LogP contribution in [0.15, 0.2) is 41.3 Å². The molecule has 1 unspecified atom stereocenters. The van der Waals surface area contributed by atoms with Gasteiger partial charge >= 0.3 is 0 Å². The van der Waals surface area contributed by atoms with E-state index in [0.717, 1.165) is 23.3 Å². The monoisotopic (exact) mass is 217 g/mol. The number of nitrogens with one attached hydrogen (secondary N) is 1. The van der Waals surface area contributed by atoms with E-state index >= 15 is 0 Å². The quantitative estimate of drug-likeness (QED) is 0.605. The third kappa shape index (κ3) is 1.98. The molecule has 0 amide bonds. The molecule has 0 saturated heterocycles. The maximum Gasteiger partial charge on any atom is 0.108 e. The molecule has 0 aliphatic heterocycles. The highest BCUT2D eigenvalue weighted by Crippen LogP contribution is 2.25. The van der Waals surface area contributed by atoms with Crippen LogP contribution in [0, 0.1) is 0 Å². The van der Waals surface area contributed by atoms with Crippen LogP contribution < -0.4 is 11.3 Å². The molecule has 2 aromatic heterocycles. The van der Waals surface area contributed by atoms with Gasteiger partial charge in [0.15, 0.2) is 0 Å². The molecule has 2 aromatic rings. The predicted molar refractivity (Wildman–Crippen MR) is 61.5 cm³/mol. The molecule has 0 fully saturated rings. The van der Waals surface area contributed by atoms with E-state index in [1.807, 2.05) is 18.2 Å². The van der Waals surface area contributed by atoms with Crippen molar-refractivity contribution in [2.24, 2.45) is 5.84 Å². The second-order valence-electron chi connectivity index (χ2n) is 3.54. The number of nitrogens with two attached hydrogens (primary N) is 1. The number of hydrogen-bond acceptors (Lipinski definition) is 4. The number of aromatic nitrogens is 1. The van der Waals surface area contributed by atoms with Crippen LogP contribution in [0.25, 0.3) is 0 Å². The van der Waals surface area contributed by atoms with E-state index in [2.05, 4.69) is 17.3 Å². The van der Waals surface area contributed by atoms with Crippen molar-refractivity contribution in [2.75, 3.05) is 0 Å². The molecule has 16 heavy (non-hydrogen) atoms. The summed E-state index contributed by atoms with van der Waals surface area (Å²) in [5.74, 6) is 6.55. The van der Waals surface area contributed by atoms with E-state index < -0.39 is 0 Å². The molecule has 0 saturated carbocycles. The normalized spacial score (nSPS) is 12.6. The van der Waals surface area contributed by atoms with E-state index in [-0.39, 0.29) is 6.04 Å². The molecule has 4 nitrogen and oxygen atoms in total. The molecule has 0 aliphatic carbocycles. The summed E-state index contributed by atoms with van der Waals surface area (Å²) in [6.07, 6.45) is 6.08. The summed E-state index contributed by atoms with van der Waals surface area (Å²) in [5.41, 5.74) is 4.89. The average Bonchev–Trinajstić information content (AvgIpc) is 2.80. The van der Waals surface area contributed by atoms with E-state index in [9.17, 15) is 0 Å². The van der Waals surface area contributed by atoms with Gasteiger partial charge in [-0.15, -0.1) is 0 Å². The van der Waals surface area contributed by atoms with Gasteiger partial charge in [-0.2, -0.15) is 0 Å². The van der Waals surface area contributed by atoms with Gasteiger partial charge in [0.2, 0.25) is 0 Å². The van der Waals surface area contributed by atoms with Crippen LogP contribution in [0.4, 0.5) is 0 Å². The molecular weight excluding hydrogens is 202 g/mol. The minimum absolute atomic E-state index is 0.0672. The number of nitrogens with zero attached hydrogens (tertiary/aromatic N) is 1. The molecular formula is C12H15N3O. The SMILES string of the molecule is CCc1occc1C(NN)c1cccnc1. The predicted octanol–water partition coefficient (Wildman–Crippen LogP) is 1.79. The fraction of sp³-hybridized carbons (Fsp3) is 0.250. The molecule has 3 N–H and O–H groups in total. The topological polar surface area (TPSA) is 64.1 Å². The maximum absolute atomic E-state index is 5.60. The highest BCUT2D eigenvalue weighted by molar-refractivity contribution is 5.31. The Balaban J connectivity index is 2.37. The van der Waals surface area contributed by atoms with Crippen molar-refractivity contribution in [1.82, 2.24) is 10.4 Å². The third-order valence-electron chi connectivity index (χ3n) is 2.60. The van der Waals surface area contributed by atoms with E-state index in [0.29, 0.717) is 0 Å². The van der Waals surface area contributed by atoms with Crippen molar-refractivity contribution in [3.63, 3.8) is 0 Å². The summed E-state index contributed by atoms with van der Waals surface area (Å²) in [7, 11) is 0. The van der Waals surface area contributed by atoms with Crippen LogP contribution >= 0.6 is 0 Å². The summed E-state index contributed by atoms with van der Waals surface area (Å²) in [6, 6.07) is 5.76. The second kappa shape index (κ2) is 4.92. The lowest BCUT2D eigenvalue weighted by atomic mass is 10.0. The standard InChI is InChI=1S/C12H15N3O/c1-2-11-10(5-7-16-11)12(15-13)9-4-3-6-14-8-9/h3-8,12,15H,2,13H2,1H3. The van der Waals surface area contributed by atoms with E-state index in [1.165, 1.54) is 0 Å². The molecule has 2 heterocycles. The summed E-state index contributed by atoms with van der Waals surface area (Å²) >= 11 is 0. The van der Waals surface area contributed by atoms with Crippen LogP contribution in [0.2, 0.25) is 0 Å². The Morgan fingerprint density at radius 3 is 3.00 bits per heavy atom. The molecule has 0 spiro atoms. The van der Waals surface area contributed by atoms with Gasteiger partial charge in [0.25, 0.3) is 0 Å². The van der Waals surface area contributed by atoms with Gasteiger partial charge < -0.3 is 4.42 Å². The van der Waals surface area contributed by atoms with Crippen molar-refractivity contribution in [3.8, 4) is 0 Å². The zero-order valence-electron chi connectivity index (χ0n) is 9.18. The Kier molecular flexibility index (Phi) is 3.34. The van der Waals surface area contributed by atoms with Crippen molar-refractivity contribution in [2.45, 2.75) is 19.4 Å². The van der Waals surface area contributed by atoms with Gasteiger partial charge in [-0.25, -0.2) is 5.43 Å². The van der Waals surface area contributed by atoms with Crippen molar-refractivity contribution in [1.29, 1.82) is 0 Å². The summed E-state index contributed by atoms with van der Waals surface area (Å²) < 4.78 is 5.40. The Hall–Kier alpha value is -1.65. The Morgan fingerprint density at radius 2 is 2.38 bits per heavy atom. The molecule has 4 heteroatoms. The average molecular weight is 217 g/mol. The maximum atomic E-state index is 5.60. The minimum atomic E-state index is -0.0672. The fourth-order valence-electron chi connectivity index (χ4n) is 1.81. The van der Waals surface area contributed by atoms with Gasteiger partial charge in [-0.3, -0.25) is 10.8 Å². The number of rotatable bonds is 4. The highest BCUT2D eigenvalue weighted by atomic mass is 16.3. The number of hydrogen-bond donors (Lipinski definition) is 2. The highest BCUT2D eigenvalue weighted by Gasteiger charge is 2.17. The van der Waals surface area contributed by atoms with Crippen LogP contribution in [0.3, 0.4) is 0 Å². The van der Waals surface area contributed by atoms with Crippen LogP contribution in [0.5, 0.6) is 0 Å². The number of hydrazine groups is 1. The Labute approximate surface area is 94.5 Å². The first-order valence-electron chi connectivity index (χ1n) is 5.29. The first-order chi connectivity index (χ1) is 7.86. The van der Waals surface area contributed by atoms with Gasteiger partial charge in [-0.05, 0) is 17.7 Å². The third-order valence-corrected chi connectivity index (χ3v) is 2.60. The zero-order valence-corrected chi connectivity index (χ0v) is 9.18. The minimum Gasteiger partial charge on any atom is -0.469 e. The van der Waals surface area contributed by atoms with Crippen molar-refractivity contribution >= 4 is 0 Å². The molecule has 0 aliphatic rings. The summed E-state index contributed by atoms with van der Waals surface area (Å²) in [5, 5.41) is 0. The Morgan fingerprint density at radius 1 is 1.50 bits per heavy atom. The zero-order chi connectivity index (χ0) is 11.4. The molecule has 84 valence electrons. The molecule has 0 aromatic carbocycles. The van der Waals surface area contributed by atoms with Crippen LogP contribution in [-0.2, 0) is 6.42 Å². The van der Waals surface area contributed by atoms with Gasteiger partial charge in [-0.1, -0.05) is 13.0 Å². The lowest BCUT2D eigenvalue weighted by Crippen LogP contribution is -2.29. The Bertz CT molecular complexity index is 439. The fourth-order valence-corrected chi connectivity index (χ4v) is 1.81. The second-order valence-corrected chi connectivity index (χ2v) is 3.54. The number of furan rings is 1. The first-order valence-corrected chi connectivity index (χ1v) is 5.29. The van der Waals surface area contributed by atoms with Gasteiger partial charge in [0, 0.05) is 24.4 Å². The molecule has 0 bridgehead atoms. The van der Waals surface area contributed by atoms with Gasteiger partial charge in [0.05, 0.1) is 12.3 Å². The lowest BCUT2D eigenvalue weighted by Gasteiger charge is -2.15. The molecule has 1 atom stereocenters. The largest absolute Gasteiger partial charge is 0.469 e. The lowest BCUT2D eigenvalue weighted by molar-refractivity contribution is 0.502. The van der Waals surface area contributed by atoms with E-state index in [1.54, 1.807) is 18.7 Å². The number of aryl methyl sites for hydroxylation is 1. The first kappa shape index (κ1) is 10.9. The summed E-state index contributed by atoms with van der Waals surface area (Å²) in [4.78, 5) is 4.09. The summed E-state index contributed by atoms with van der Waals surface area (Å²) in [6.45, 7) is 2.05. The van der Waals surface area contributed by atoms with Crippen molar-refractivity contribution in [3.05, 3.63) is 53.7 Å². The van der Waals surface area contributed by atoms with Crippen LogP contribution in [-0.4, -0.2) is 4.98 Å². The van der Waals surface area contributed by atoms with Gasteiger partial charge in [0.1, 0.15) is 5.76 Å². The molecule has 2 rings (SSSR count). The van der Waals surface area contributed by atoms with Crippen LogP contribution in [0.1, 0.15) is 29.9 Å². The van der Waals surface area contributed by atoms with Crippen molar-refractivity contribution < 1.29 is 4.42 Å².